The Bertz CT molecular complexity index is 633. The minimum atomic E-state index is 0.0671. The van der Waals surface area contributed by atoms with Gasteiger partial charge in [-0.1, -0.05) is 65.9 Å². The molecule has 24 heavy (non-hydrogen) atoms. The number of carbonyl (C=O) groups is 1. The van der Waals surface area contributed by atoms with Crippen LogP contribution in [0.5, 0.6) is 0 Å². The molecule has 0 saturated carbocycles. The van der Waals surface area contributed by atoms with Gasteiger partial charge < -0.3 is 4.74 Å². The largest absolute Gasteiger partial charge is 0.377 e. The predicted octanol–water partition coefficient (Wildman–Crippen LogP) is 3.08. The molecule has 0 bridgehead atoms. The Hall–Kier alpha value is -2.86. The average Bonchev–Trinajstić information content (AvgIpc) is 3.09. The molecule has 0 spiro atoms. The fraction of sp³-hybridized carbons (Fsp3) is 0.222. The first-order chi connectivity index (χ1) is 11.6. The number of benzene rings is 2. The van der Waals surface area contributed by atoms with Gasteiger partial charge in [0, 0.05) is 7.11 Å². The molecule has 0 aliphatic carbocycles. The highest BCUT2D eigenvalue weighted by atomic mass is 16.5. The van der Waals surface area contributed by atoms with Gasteiger partial charge in [-0.25, -0.2) is 0 Å². The van der Waals surface area contributed by atoms with Gasteiger partial charge in [-0.05, 0) is 25.0 Å². The minimum Gasteiger partial charge on any atom is -0.377 e. The summed E-state index contributed by atoms with van der Waals surface area (Å²) in [4.78, 5) is 9.92. The summed E-state index contributed by atoms with van der Waals surface area (Å²) in [5.41, 5.74) is 2.55. The monoisotopic (exact) mass is 326 g/mol. The highest BCUT2D eigenvalue weighted by Gasteiger charge is 1.91. The van der Waals surface area contributed by atoms with Gasteiger partial charge in [0.2, 0.25) is 0 Å². The number of hydrogen-bond donors (Lipinski definition) is 1. The number of H-pyrrole nitrogens is 1. The van der Waals surface area contributed by atoms with Crippen LogP contribution >= 0.6 is 0 Å². The number of rotatable bonds is 3. The Morgan fingerprint density at radius 2 is 1.50 bits per heavy atom. The molecule has 0 aliphatic heterocycles. The summed E-state index contributed by atoms with van der Waals surface area (Å²) < 4.78 is 4.45. The summed E-state index contributed by atoms with van der Waals surface area (Å²) in [6.45, 7) is 3.49. The number of aryl methyl sites for hydroxylation is 1. The number of nitrogens with zero attached hydrogens (tertiary/aromatic N) is 3. The number of aromatic amines is 1. The van der Waals surface area contributed by atoms with Crippen molar-refractivity contribution in [1.29, 1.82) is 0 Å². The zero-order valence-electron chi connectivity index (χ0n) is 14.1. The van der Waals surface area contributed by atoms with E-state index in [0.717, 1.165) is 0 Å². The average molecular weight is 326 g/mol. The second-order valence-electron chi connectivity index (χ2n) is 4.83. The highest BCUT2D eigenvalue weighted by Crippen LogP contribution is 2.17. The summed E-state index contributed by atoms with van der Waals surface area (Å²) in [6, 6.07) is 20.8. The number of hydrogen-bond acceptors (Lipinski definition) is 5. The van der Waals surface area contributed by atoms with Crippen LogP contribution in [0.25, 0.3) is 11.1 Å². The van der Waals surface area contributed by atoms with E-state index < -0.39 is 0 Å². The molecule has 0 saturated heterocycles. The van der Waals surface area contributed by atoms with E-state index in [1.807, 2.05) is 12.1 Å². The molecule has 0 fully saturated rings. The maximum Gasteiger partial charge on any atom is 0.171 e. The molecule has 126 valence electrons. The molecule has 0 aliphatic rings. The van der Waals surface area contributed by atoms with Gasteiger partial charge >= 0.3 is 0 Å². The van der Waals surface area contributed by atoms with Gasteiger partial charge in [0.1, 0.15) is 6.61 Å². The number of carbonyl (C=O) groups excluding carboxylic acids is 1. The molecule has 1 heterocycles. The van der Waals surface area contributed by atoms with Crippen LogP contribution in [0.2, 0.25) is 0 Å². The van der Waals surface area contributed by atoms with Crippen LogP contribution in [-0.4, -0.2) is 40.1 Å². The van der Waals surface area contributed by atoms with Crippen LogP contribution in [0, 0.1) is 6.92 Å². The maximum atomic E-state index is 9.92. The Labute approximate surface area is 141 Å². The van der Waals surface area contributed by atoms with Crippen molar-refractivity contribution in [2.24, 2.45) is 0 Å². The van der Waals surface area contributed by atoms with Crippen molar-refractivity contribution in [2.45, 2.75) is 13.8 Å². The molecule has 0 atom stereocenters. The third-order valence-electron chi connectivity index (χ3n) is 2.68. The Morgan fingerprint density at radius 3 is 1.71 bits per heavy atom. The zero-order chi connectivity index (χ0) is 17.6. The lowest BCUT2D eigenvalue weighted by molar-refractivity contribution is -0.120. The highest BCUT2D eigenvalue weighted by molar-refractivity contribution is 5.76. The topological polar surface area (TPSA) is 80.8 Å². The Balaban J connectivity index is 0.000000203. The lowest BCUT2D eigenvalue weighted by Gasteiger charge is -1.98. The summed E-state index contributed by atoms with van der Waals surface area (Å²) in [5, 5.41) is 12.7. The van der Waals surface area contributed by atoms with Crippen LogP contribution in [0.1, 0.15) is 12.7 Å². The van der Waals surface area contributed by atoms with E-state index in [-0.39, 0.29) is 12.4 Å². The van der Waals surface area contributed by atoms with Gasteiger partial charge in [0.05, 0.1) is 0 Å². The number of aromatic nitrogens is 4. The van der Waals surface area contributed by atoms with Gasteiger partial charge in [-0.15, -0.1) is 10.2 Å². The van der Waals surface area contributed by atoms with Gasteiger partial charge in [-0.3, -0.25) is 4.79 Å². The molecule has 2 aromatic carbocycles. The molecule has 6 nitrogen and oxygen atoms in total. The molecular formula is C18H22N4O2. The van der Waals surface area contributed by atoms with E-state index in [1.165, 1.54) is 25.2 Å². The number of nitrogens with one attached hydrogen (secondary N) is 1. The smallest absolute Gasteiger partial charge is 0.171 e. The summed E-state index contributed by atoms with van der Waals surface area (Å²) in [7, 11) is 1.50. The fourth-order valence-electron chi connectivity index (χ4n) is 1.68. The lowest BCUT2D eigenvalue weighted by Crippen LogP contribution is -1.98. The number of methoxy groups -OCH3 is 1. The second kappa shape index (κ2) is 11.7. The van der Waals surface area contributed by atoms with Crippen LogP contribution in [-0.2, 0) is 9.53 Å². The van der Waals surface area contributed by atoms with E-state index in [0.29, 0.717) is 5.82 Å². The molecule has 3 rings (SSSR count). The zero-order valence-corrected chi connectivity index (χ0v) is 14.1. The van der Waals surface area contributed by atoms with E-state index in [2.05, 4.69) is 73.9 Å². The third kappa shape index (κ3) is 8.55. The molecule has 1 N–H and O–H groups in total. The summed E-state index contributed by atoms with van der Waals surface area (Å²) >= 11 is 0. The van der Waals surface area contributed by atoms with Crippen molar-refractivity contribution >= 4 is 5.78 Å². The molecule has 0 amide bonds. The number of tetrazole rings is 1. The number of Topliss-reactive ketones (excluding diaryl/α,β-unsaturated/α-hetero) is 1. The molecule has 0 unspecified atom stereocenters. The van der Waals surface area contributed by atoms with Crippen LogP contribution in [0.15, 0.2) is 60.7 Å². The summed E-state index contributed by atoms with van der Waals surface area (Å²) in [5.74, 6) is 0.743. The first-order valence-electron chi connectivity index (χ1n) is 7.42. The molecule has 3 aromatic rings. The van der Waals surface area contributed by atoms with Crippen LogP contribution in [0.4, 0.5) is 0 Å². The number of ether oxygens (including phenoxy) is 1. The molecular weight excluding hydrogens is 304 g/mol. The van der Waals surface area contributed by atoms with Crippen molar-refractivity contribution in [3.63, 3.8) is 0 Å². The van der Waals surface area contributed by atoms with Crippen LogP contribution in [0.3, 0.4) is 0 Å². The Kier molecular flexibility index (Phi) is 9.33. The first-order valence-corrected chi connectivity index (χ1v) is 7.42. The fourth-order valence-corrected chi connectivity index (χ4v) is 1.68. The quantitative estimate of drug-likeness (QED) is 0.800. The van der Waals surface area contributed by atoms with Crippen molar-refractivity contribution in [3.05, 3.63) is 66.5 Å². The van der Waals surface area contributed by atoms with Crippen LogP contribution < -0.4 is 0 Å². The van der Waals surface area contributed by atoms with Gasteiger partial charge in [0.15, 0.2) is 11.6 Å². The minimum absolute atomic E-state index is 0.0671. The van der Waals surface area contributed by atoms with Gasteiger partial charge in [0.25, 0.3) is 0 Å². The summed E-state index contributed by atoms with van der Waals surface area (Å²) in [6.07, 6.45) is 0. The van der Waals surface area contributed by atoms with E-state index >= 15 is 0 Å². The van der Waals surface area contributed by atoms with Crippen molar-refractivity contribution < 1.29 is 9.53 Å². The maximum absolute atomic E-state index is 9.92. The van der Waals surface area contributed by atoms with Crippen molar-refractivity contribution in [2.75, 3.05) is 13.7 Å². The standard InChI is InChI=1S/C12H10.C4H8O2.C2H4N4/c1-3-7-11(8-4-1)12-9-5-2-6-10-12;1-4(5)3-6-2;1-2-3-5-6-4-2/h1-10H;3H2,1-2H3;1H3,(H,3,4,5,6). The van der Waals surface area contributed by atoms with E-state index in [1.54, 1.807) is 6.92 Å². The third-order valence-corrected chi connectivity index (χ3v) is 2.68. The normalized spacial score (nSPS) is 9.12. The first kappa shape index (κ1) is 19.2. The molecule has 0 radical (unpaired) electrons. The SMILES string of the molecule is COCC(C)=O.Cc1nn[nH]n1.c1ccc(-c2ccccc2)cc1. The predicted molar refractivity (Wildman–Crippen MR) is 93.3 cm³/mol. The lowest BCUT2D eigenvalue weighted by atomic mass is 10.1. The Morgan fingerprint density at radius 1 is 1.00 bits per heavy atom. The van der Waals surface area contributed by atoms with E-state index in [9.17, 15) is 4.79 Å². The molecule has 1 aromatic heterocycles. The van der Waals surface area contributed by atoms with Crippen molar-refractivity contribution in [1.82, 2.24) is 20.6 Å². The molecule has 6 heteroatoms. The van der Waals surface area contributed by atoms with Crippen molar-refractivity contribution in [3.8, 4) is 11.1 Å². The second-order valence-corrected chi connectivity index (χ2v) is 4.83. The van der Waals surface area contributed by atoms with Gasteiger partial charge in [-0.2, -0.15) is 5.21 Å². The van der Waals surface area contributed by atoms with E-state index in [4.69, 9.17) is 0 Å². The number of ketones is 1.